The Morgan fingerprint density at radius 1 is 1.14 bits per heavy atom. The van der Waals surface area contributed by atoms with Gasteiger partial charge in [-0.3, -0.25) is 9.69 Å². The molecule has 0 bridgehead atoms. The van der Waals surface area contributed by atoms with Crippen molar-refractivity contribution in [3.8, 4) is 0 Å². The van der Waals surface area contributed by atoms with Gasteiger partial charge in [-0.2, -0.15) is 13.2 Å². The molecule has 1 heterocycles. The summed E-state index contributed by atoms with van der Waals surface area (Å²) in [5.74, 6) is -0.400. The molecule has 0 saturated carbocycles. The van der Waals surface area contributed by atoms with Crippen LogP contribution in [0.5, 0.6) is 0 Å². The van der Waals surface area contributed by atoms with Gasteiger partial charge in [-0.15, -0.1) is 0 Å². The Balaban J connectivity index is 1.98. The molecular formula is C20H19ClF3N3OS. The Morgan fingerprint density at radius 3 is 2.38 bits per heavy atom. The van der Waals surface area contributed by atoms with Crippen LogP contribution in [0.25, 0.3) is 10.2 Å². The van der Waals surface area contributed by atoms with Crippen molar-refractivity contribution in [2.24, 2.45) is 0 Å². The standard InChI is InChI=1S/C20H19ClF3N3OS/c1-12-10-15(21)11-16-17(12)25-19(29-16)27(9-8-26(2)3)18(28)13-4-6-14(7-5-13)20(22,23)24/h4-7,10-11H,8-9H2,1-3H3. The van der Waals surface area contributed by atoms with E-state index in [9.17, 15) is 18.0 Å². The highest BCUT2D eigenvalue weighted by atomic mass is 35.5. The van der Waals surface area contributed by atoms with Gasteiger partial charge >= 0.3 is 6.18 Å². The van der Waals surface area contributed by atoms with Gasteiger partial charge in [-0.1, -0.05) is 22.9 Å². The number of anilines is 1. The van der Waals surface area contributed by atoms with Crippen LogP contribution in [0.15, 0.2) is 36.4 Å². The molecule has 9 heteroatoms. The lowest BCUT2D eigenvalue weighted by Gasteiger charge is -2.22. The fourth-order valence-corrected chi connectivity index (χ4v) is 4.24. The Kier molecular flexibility index (Phi) is 6.16. The largest absolute Gasteiger partial charge is 0.416 e. The van der Waals surface area contributed by atoms with Gasteiger partial charge < -0.3 is 4.90 Å². The zero-order chi connectivity index (χ0) is 21.3. The number of aromatic nitrogens is 1. The van der Waals surface area contributed by atoms with Crippen LogP contribution in [-0.2, 0) is 6.18 Å². The third-order valence-electron chi connectivity index (χ3n) is 4.35. The zero-order valence-electron chi connectivity index (χ0n) is 16.0. The van der Waals surface area contributed by atoms with Crippen LogP contribution in [0.4, 0.5) is 18.3 Å². The van der Waals surface area contributed by atoms with Gasteiger partial charge in [0.05, 0.1) is 15.8 Å². The number of alkyl halides is 3. The molecule has 29 heavy (non-hydrogen) atoms. The van der Waals surface area contributed by atoms with Crippen molar-refractivity contribution < 1.29 is 18.0 Å². The Hall–Kier alpha value is -2.16. The highest BCUT2D eigenvalue weighted by molar-refractivity contribution is 7.22. The number of likely N-dealkylation sites (N-methyl/N-ethyl adjacent to an activating group) is 1. The van der Waals surface area contributed by atoms with Crippen LogP contribution in [0.3, 0.4) is 0 Å². The average molecular weight is 442 g/mol. The molecule has 1 amide bonds. The molecule has 3 aromatic rings. The molecule has 0 N–H and O–H groups in total. The summed E-state index contributed by atoms with van der Waals surface area (Å²) >= 11 is 7.45. The van der Waals surface area contributed by atoms with Crippen LogP contribution in [0.1, 0.15) is 21.5 Å². The number of rotatable bonds is 5. The van der Waals surface area contributed by atoms with Gasteiger partial charge in [0, 0.05) is 23.7 Å². The molecule has 1 aromatic heterocycles. The molecule has 0 radical (unpaired) electrons. The summed E-state index contributed by atoms with van der Waals surface area (Å²) in [6.07, 6.45) is -4.45. The maximum absolute atomic E-state index is 13.1. The van der Waals surface area contributed by atoms with Crippen molar-refractivity contribution in [1.82, 2.24) is 9.88 Å². The first kappa shape index (κ1) is 21.5. The van der Waals surface area contributed by atoms with Gasteiger partial charge in [-0.05, 0) is 63.0 Å². The minimum atomic E-state index is -4.45. The van der Waals surface area contributed by atoms with E-state index in [1.807, 2.05) is 25.9 Å². The minimum absolute atomic E-state index is 0.172. The fraction of sp³-hybridized carbons (Fsp3) is 0.300. The molecule has 0 spiro atoms. The van der Waals surface area contributed by atoms with Gasteiger partial charge in [0.25, 0.3) is 5.91 Å². The average Bonchev–Trinajstić information content (AvgIpc) is 3.05. The molecule has 0 saturated heterocycles. The highest BCUT2D eigenvalue weighted by Gasteiger charge is 2.31. The van der Waals surface area contributed by atoms with E-state index in [0.717, 1.165) is 27.9 Å². The summed E-state index contributed by atoms with van der Waals surface area (Å²) in [7, 11) is 3.76. The number of aryl methyl sites for hydroxylation is 1. The summed E-state index contributed by atoms with van der Waals surface area (Å²) in [5, 5.41) is 1.07. The fourth-order valence-electron chi connectivity index (χ4n) is 2.80. The van der Waals surface area contributed by atoms with Gasteiger partial charge in [0.1, 0.15) is 0 Å². The molecule has 0 unspecified atom stereocenters. The number of benzene rings is 2. The van der Waals surface area contributed by atoms with Gasteiger partial charge in [-0.25, -0.2) is 4.98 Å². The summed E-state index contributed by atoms with van der Waals surface area (Å²) in [6.45, 7) is 2.81. The quantitative estimate of drug-likeness (QED) is 0.525. The van der Waals surface area contributed by atoms with Crippen LogP contribution < -0.4 is 4.90 Å². The van der Waals surface area contributed by atoms with E-state index in [0.29, 0.717) is 23.2 Å². The molecule has 0 aliphatic carbocycles. The second-order valence-electron chi connectivity index (χ2n) is 6.90. The molecule has 0 aliphatic heterocycles. The third kappa shape index (κ3) is 4.88. The summed E-state index contributed by atoms with van der Waals surface area (Å²) < 4.78 is 39.3. The van der Waals surface area contributed by atoms with Crippen molar-refractivity contribution in [1.29, 1.82) is 0 Å². The number of thiazole rings is 1. The summed E-state index contributed by atoms with van der Waals surface area (Å²) in [6, 6.07) is 7.82. The Labute approximate surface area is 175 Å². The van der Waals surface area contributed by atoms with Crippen LogP contribution in [0.2, 0.25) is 5.02 Å². The van der Waals surface area contributed by atoms with Crippen LogP contribution >= 0.6 is 22.9 Å². The SMILES string of the molecule is Cc1cc(Cl)cc2sc(N(CCN(C)C)C(=O)c3ccc(C(F)(F)F)cc3)nc12. The second-order valence-corrected chi connectivity index (χ2v) is 8.35. The number of nitrogens with zero attached hydrogens (tertiary/aromatic N) is 3. The minimum Gasteiger partial charge on any atom is -0.308 e. The van der Waals surface area contributed by atoms with Crippen molar-refractivity contribution >= 4 is 44.2 Å². The lowest BCUT2D eigenvalue weighted by molar-refractivity contribution is -0.137. The van der Waals surface area contributed by atoms with E-state index in [1.165, 1.54) is 28.4 Å². The number of carbonyl (C=O) groups excluding carboxylic acids is 1. The Morgan fingerprint density at radius 2 is 1.79 bits per heavy atom. The lowest BCUT2D eigenvalue weighted by atomic mass is 10.1. The molecule has 4 nitrogen and oxygen atoms in total. The number of hydrogen-bond donors (Lipinski definition) is 0. The van der Waals surface area contributed by atoms with Gasteiger partial charge in [0.15, 0.2) is 5.13 Å². The first-order chi connectivity index (χ1) is 13.6. The number of amides is 1. The molecule has 0 fully saturated rings. The molecule has 3 rings (SSSR count). The normalized spacial score (nSPS) is 12.0. The summed E-state index contributed by atoms with van der Waals surface area (Å²) in [4.78, 5) is 21.1. The van der Waals surface area contributed by atoms with E-state index in [-0.39, 0.29) is 5.56 Å². The topological polar surface area (TPSA) is 36.4 Å². The monoisotopic (exact) mass is 441 g/mol. The first-order valence-electron chi connectivity index (χ1n) is 8.77. The highest BCUT2D eigenvalue weighted by Crippen LogP contribution is 2.34. The van der Waals surface area contributed by atoms with Gasteiger partial charge in [0.2, 0.25) is 0 Å². The van der Waals surface area contributed by atoms with Crippen molar-refractivity contribution in [2.45, 2.75) is 13.1 Å². The summed E-state index contributed by atoms with van der Waals surface area (Å²) in [5.41, 5.74) is 1.03. The second kappa shape index (κ2) is 8.30. The Bertz CT molecular complexity index is 1030. The number of hydrogen-bond acceptors (Lipinski definition) is 4. The zero-order valence-corrected chi connectivity index (χ0v) is 17.6. The van der Waals surface area contributed by atoms with Crippen LogP contribution in [-0.4, -0.2) is 43.0 Å². The van der Waals surface area contributed by atoms with E-state index < -0.39 is 17.6 Å². The molecule has 0 aliphatic rings. The maximum atomic E-state index is 13.1. The molecular weight excluding hydrogens is 423 g/mol. The number of carbonyl (C=O) groups is 1. The smallest absolute Gasteiger partial charge is 0.308 e. The molecule has 0 atom stereocenters. The predicted octanol–water partition coefficient (Wildman–Crippen LogP) is 5.49. The van der Waals surface area contributed by atoms with E-state index in [2.05, 4.69) is 4.98 Å². The van der Waals surface area contributed by atoms with Crippen molar-refractivity contribution in [3.63, 3.8) is 0 Å². The van der Waals surface area contributed by atoms with E-state index >= 15 is 0 Å². The number of halogens is 4. The molecule has 2 aromatic carbocycles. The number of fused-ring (bicyclic) bond motifs is 1. The van der Waals surface area contributed by atoms with E-state index in [1.54, 1.807) is 12.1 Å². The molecule has 154 valence electrons. The maximum Gasteiger partial charge on any atom is 0.416 e. The first-order valence-corrected chi connectivity index (χ1v) is 9.96. The van der Waals surface area contributed by atoms with Crippen LogP contribution in [0, 0.1) is 6.92 Å². The van der Waals surface area contributed by atoms with Crippen molar-refractivity contribution in [2.75, 3.05) is 32.1 Å². The lowest BCUT2D eigenvalue weighted by Crippen LogP contribution is -2.36. The third-order valence-corrected chi connectivity index (χ3v) is 5.59. The van der Waals surface area contributed by atoms with Crippen molar-refractivity contribution in [3.05, 3.63) is 58.1 Å². The predicted molar refractivity (Wildman–Crippen MR) is 111 cm³/mol. The van der Waals surface area contributed by atoms with E-state index in [4.69, 9.17) is 11.6 Å².